The Hall–Kier alpha value is -2.45. The highest BCUT2D eigenvalue weighted by Crippen LogP contribution is 2.26. The smallest absolute Gasteiger partial charge is 0.260 e. The minimum absolute atomic E-state index is 0.0508. The second-order valence-corrected chi connectivity index (χ2v) is 9.22. The predicted molar refractivity (Wildman–Crippen MR) is 106 cm³/mol. The van der Waals surface area contributed by atoms with Gasteiger partial charge < -0.3 is 9.80 Å². The van der Waals surface area contributed by atoms with Gasteiger partial charge in [0.2, 0.25) is 5.91 Å². The van der Waals surface area contributed by atoms with Gasteiger partial charge in [-0.3, -0.25) is 4.79 Å². The van der Waals surface area contributed by atoms with Crippen LogP contribution in [-0.4, -0.2) is 67.8 Å². The molecular weight excluding hydrogens is 376 g/mol. The first-order chi connectivity index (χ1) is 13.4. The van der Waals surface area contributed by atoms with Crippen LogP contribution in [0.5, 0.6) is 0 Å². The molecule has 0 radical (unpaired) electrons. The number of aromatic nitrogens is 1. The van der Waals surface area contributed by atoms with Crippen LogP contribution in [0.3, 0.4) is 0 Å². The molecule has 0 unspecified atom stereocenters. The number of anilines is 1. The molecular formula is C20H24N4O3S. The van der Waals surface area contributed by atoms with Crippen molar-refractivity contribution in [2.75, 3.05) is 44.2 Å². The van der Waals surface area contributed by atoms with Crippen molar-refractivity contribution in [3.05, 3.63) is 54.2 Å². The minimum Gasteiger partial charge on any atom is -0.368 e. The highest BCUT2D eigenvalue weighted by molar-refractivity contribution is 7.89. The second-order valence-electron chi connectivity index (χ2n) is 7.34. The van der Waals surface area contributed by atoms with E-state index in [1.807, 2.05) is 30.0 Å². The van der Waals surface area contributed by atoms with E-state index in [2.05, 4.69) is 22.0 Å². The molecule has 1 aromatic carbocycles. The van der Waals surface area contributed by atoms with Crippen molar-refractivity contribution in [3.8, 4) is 0 Å². The van der Waals surface area contributed by atoms with Crippen LogP contribution in [0.15, 0.2) is 53.7 Å². The molecule has 8 heteroatoms. The van der Waals surface area contributed by atoms with Crippen molar-refractivity contribution in [1.82, 2.24) is 14.2 Å². The Morgan fingerprint density at radius 1 is 1.04 bits per heavy atom. The van der Waals surface area contributed by atoms with Crippen LogP contribution in [0.2, 0.25) is 0 Å². The fourth-order valence-corrected chi connectivity index (χ4v) is 5.20. The lowest BCUT2D eigenvalue weighted by Crippen LogP contribution is -2.59. The van der Waals surface area contributed by atoms with E-state index < -0.39 is 10.0 Å². The number of nitrogens with zero attached hydrogens (tertiary/aromatic N) is 4. The first-order valence-corrected chi connectivity index (χ1v) is 10.9. The fraction of sp³-hybridized carbons (Fsp3) is 0.400. The average molecular weight is 401 g/mol. The maximum atomic E-state index is 12.8. The maximum Gasteiger partial charge on any atom is 0.260 e. The predicted octanol–water partition coefficient (Wildman–Crippen LogP) is 1.36. The third-order valence-electron chi connectivity index (χ3n) is 5.40. The number of amides is 1. The van der Waals surface area contributed by atoms with E-state index in [4.69, 9.17) is 0 Å². The summed E-state index contributed by atoms with van der Waals surface area (Å²) in [6.07, 6.45) is 1.50. The number of sulfonamides is 1. The molecule has 0 N–H and O–H groups in total. The summed E-state index contributed by atoms with van der Waals surface area (Å²) in [6.45, 7) is 5.20. The lowest BCUT2D eigenvalue weighted by molar-refractivity contribution is -0.139. The summed E-state index contributed by atoms with van der Waals surface area (Å²) >= 11 is 0. The van der Waals surface area contributed by atoms with Crippen molar-refractivity contribution < 1.29 is 13.2 Å². The fourth-order valence-electron chi connectivity index (χ4n) is 3.65. The Balaban J connectivity index is 1.32. The van der Waals surface area contributed by atoms with E-state index in [0.717, 1.165) is 18.7 Å². The molecule has 3 heterocycles. The number of carbonyl (C=O) groups excluding carboxylic acids is 1. The quantitative estimate of drug-likeness (QED) is 0.775. The van der Waals surface area contributed by atoms with Crippen LogP contribution in [0.1, 0.15) is 5.56 Å². The van der Waals surface area contributed by atoms with Gasteiger partial charge in [-0.1, -0.05) is 18.2 Å². The van der Waals surface area contributed by atoms with Crippen molar-refractivity contribution in [3.63, 3.8) is 0 Å². The number of hydrogen-bond acceptors (Lipinski definition) is 5. The van der Waals surface area contributed by atoms with Crippen molar-refractivity contribution in [2.24, 2.45) is 5.92 Å². The van der Waals surface area contributed by atoms with Crippen molar-refractivity contribution in [2.45, 2.75) is 11.9 Å². The molecule has 7 nitrogen and oxygen atoms in total. The molecule has 28 heavy (non-hydrogen) atoms. The number of pyridine rings is 1. The van der Waals surface area contributed by atoms with E-state index in [0.29, 0.717) is 13.1 Å². The summed E-state index contributed by atoms with van der Waals surface area (Å²) < 4.78 is 26.6. The van der Waals surface area contributed by atoms with E-state index in [1.165, 1.54) is 16.2 Å². The van der Waals surface area contributed by atoms with Crippen LogP contribution in [-0.2, 0) is 14.8 Å². The van der Waals surface area contributed by atoms with Gasteiger partial charge in [-0.15, -0.1) is 0 Å². The summed E-state index contributed by atoms with van der Waals surface area (Å²) in [5, 5.41) is 0.0508. The van der Waals surface area contributed by atoms with Crippen LogP contribution in [0.25, 0.3) is 0 Å². The van der Waals surface area contributed by atoms with Crippen LogP contribution >= 0.6 is 0 Å². The summed E-state index contributed by atoms with van der Waals surface area (Å²) in [6, 6.07) is 13.5. The Kier molecular flexibility index (Phi) is 5.07. The number of carbonyl (C=O) groups is 1. The molecule has 2 aromatic rings. The SMILES string of the molecule is Cc1ccnc(S(=O)(=O)N2CC(C(=O)N3CCN(c4ccccc4)CC3)C2)c1. The zero-order valence-corrected chi connectivity index (χ0v) is 16.7. The third-order valence-corrected chi connectivity index (χ3v) is 7.13. The van der Waals surface area contributed by atoms with Gasteiger partial charge in [0, 0.05) is 51.2 Å². The largest absolute Gasteiger partial charge is 0.368 e. The van der Waals surface area contributed by atoms with Gasteiger partial charge in [0.05, 0.1) is 5.92 Å². The normalized spacial score (nSPS) is 18.8. The van der Waals surface area contributed by atoms with E-state index in [1.54, 1.807) is 12.1 Å². The van der Waals surface area contributed by atoms with Crippen LogP contribution in [0, 0.1) is 12.8 Å². The summed E-state index contributed by atoms with van der Waals surface area (Å²) in [5.74, 6) is -0.209. The van der Waals surface area contributed by atoms with Gasteiger partial charge in [-0.2, -0.15) is 4.31 Å². The second kappa shape index (κ2) is 7.52. The first-order valence-electron chi connectivity index (χ1n) is 9.47. The molecule has 0 saturated carbocycles. The highest BCUT2D eigenvalue weighted by Gasteiger charge is 2.42. The van der Waals surface area contributed by atoms with Gasteiger partial charge in [-0.25, -0.2) is 13.4 Å². The number of hydrogen-bond donors (Lipinski definition) is 0. The van der Waals surface area contributed by atoms with Gasteiger partial charge in [0.1, 0.15) is 0 Å². The molecule has 148 valence electrons. The van der Waals surface area contributed by atoms with E-state index >= 15 is 0 Å². The number of benzene rings is 1. The lowest BCUT2D eigenvalue weighted by atomic mass is 10.0. The Bertz CT molecular complexity index is 950. The zero-order chi connectivity index (χ0) is 19.7. The molecule has 2 aliphatic heterocycles. The molecule has 1 aromatic heterocycles. The molecule has 1 amide bonds. The molecule has 0 spiro atoms. The van der Waals surface area contributed by atoms with Crippen LogP contribution < -0.4 is 4.90 Å². The number of rotatable bonds is 4. The van der Waals surface area contributed by atoms with Crippen molar-refractivity contribution in [1.29, 1.82) is 0 Å². The number of piperazine rings is 1. The van der Waals surface area contributed by atoms with Gasteiger partial charge in [0.25, 0.3) is 10.0 Å². The van der Waals surface area contributed by atoms with E-state index in [9.17, 15) is 13.2 Å². The molecule has 0 atom stereocenters. The molecule has 0 aliphatic carbocycles. The molecule has 0 bridgehead atoms. The maximum absolute atomic E-state index is 12.8. The molecule has 4 rings (SSSR count). The Morgan fingerprint density at radius 3 is 2.36 bits per heavy atom. The van der Waals surface area contributed by atoms with Gasteiger partial charge in [-0.05, 0) is 36.8 Å². The topological polar surface area (TPSA) is 73.8 Å². The first kappa shape index (κ1) is 18.9. The average Bonchev–Trinajstić information content (AvgIpc) is 2.67. The summed E-state index contributed by atoms with van der Waals surface area (Å²) in [4.78, 5) is 20.9. The van der Waals surface area contributed by atoms with Gasteiger partial charge >= 0.3 is 0 Å². The molecule has 2 fully saturated rings. The lowest BCUT2D eigenvalue weighted by Gasteiger charge is -2.42. The Labute approximate surface area is 165 Å². The van der Waals surface area contributed by atoms with E-state index in [-0.39, 0.29) is 29.9 Å². The number of aryl methyl sites for hydroxylation is 1. The monoisotopic (exact) mass is 400 g/mol. The summed E-state index contributed by atoms with van der Waals surface area (Å²) in [5.41, 5.74) is 2.01. The zero-order valence-electron chi connectivity index (χ0n) is 15.9. The van der Waals surface area contributed by atoms with Gasteiger partial charge in [0.15, 0.2) is 5.03 Å². The number of para-hydroxylation sites is 1. The van der Waals surface area contributed by atoms with Crippen LogP contribution in [0.4, 0.5) is 5.69 Å². The molecule has 2 saturated heterocycles. The molecule has 2 aliphatic rings. The summed E-state index contributed by atoms with van der Waals surface area (Å²) in [7, 11) is -3.62. The standard InChI is InChI=1S/C20H24N4O3S/c1-16-7-8-21-19(13-16)28(26,27)24-14-17(15-24)20(25)23-11-9-22(10-12-23)18-5-3-2-4-6-18/h2-8,13,17H,9-12,14-15H2,1H3. The van der Waals surface area contributed by atoms with Crippen molar-refractivity contribution >= 4 is 21.6 Å². The highest BCUT2D eigenvalue weighted by atomic mass is 32.2. The Morgan fingerprint density at radius 2 is 1.71 bits per heavy atom. The third kappa shape index (κ3) is 3.62. The minimum atomic E-state index is -3.62.